The van der Waals surface area contributed by atoms with Gasteiger partial charge in [-0.3, -0.25) is 0 Å². The maximum atomic E-state index is 12.5. The summed E-state index contributed by atoms with van der Waals surface area (Å²) >= 11 is 12.1. The zero-order valence-corrected chi connectivity index (χ0v) is 16.8. The van der Waals surface area contributed by atoms with E-state index < -0.39 is 10.0 Å². The number of benzene rings is 2. The van der Waals surface area contributed by atoms with Gasteiger partial charge < -0.3 is 14.2 Å². The Bertz CT molecular complexity index is 887. The summed E-state index contributed by atoms with van der Waals surface area (Å²) in [6.45, 7) is 0.178. The zero-order chi connectivity index (χ0) is 19.3. The number of hydrogen-bond donors (Lipinski definition) is 1. The summed E-state index contributed by atoms with van der Waals surface area (Å²) < 4.78 is 42.9. The molecule has 2 aromatic carbocycles. The molecule has 0 atom stereocenters. The van der Waals surface area contributed by atoms with Crippen LogP contribution in [0.4, 0.5) is 0 Å². The molecule has 2 rings (SSSR count). The van der Waals surface area contributed by atoms with Gasteiger partial charge in [0.2, 0.25) is 10.0 Å². The van der Waals surface area contributed by atoms with Crippen LogP contribution in [-0.2, 0) is 16.4 Å². The van der Waals surface area contributed by atoms with Crippen molar-refractivity contribution in [2.75, 3.05) is 27.9 Å². The van der Waals surface area contributed by atoms with E-state index in [-0.39, 0.29) is 21.5 Å². The monoisotopic (exact) mass is 419 g/mol. The average molecular weight is 420 g/mol. The van der Waals surface area contributed by atoms with Crippen molar-refractivity contribution >= 4 is 33.2 Å². The molecule has 0 heterocycles. The minimum absolute atomic E-state index is 0.0527. The molecular formula is C17H19Cl2NO5S. The van der Waals surface area contributed by atoms with Crippen molar-refractivity contribution in [3.63, 3.8) is 0 Å². The Kier molecular flexibility index (Phi) is 7.00. The van der Waals surface area contributed by atoms with Crippen LogP contribution in [0.2, 0.25) is 10.0 Å². The molecule has 0 amide bonds. The quantitative estimate of drug-likeness (QED) is 0.707. The van der Waals surface area contributed by atoms with E-state index >= 15 is 0 Å². The van der Waals surface area contributed by atoms with Crippen LogP contribution in [0, 0.1) is 0 Å². The van der Waals surface area contributed by atoms with Crippen LogP contribution in [0.3, 0.4) is 0 Å². The van der Waals surface area contributed by atoms with Gasteiger partial charge in [-0.2, -0.15) is 0 Å². The molecule has 0 saturated heterocycles. The first-order valence-electron chi connectivity index (χ1n) is 7.56. The zero-order valence-electron chi connectivity index (χ0n) is 14.5. The Morgan fingerprint density at radius 1 is 0.885 bits per heavy atom. The van der Waals surface area contributed by atoms with Gasteiger partial charge in [0.25, 0.3) is 0 Å². The third-order valence-electron chi connectivity index (χ3n) is 3.67. The first kappa shape index (κ1) is 20.6. The SMILES string of the molecule is COc1ccc(CCNS(=O)(=O)c2ccc(OC)c(Cl)c2Cl)cc1OC. The summed E-state index contributed by atoms with van der Waals surface area (Å²) in [4.78, 5) is -0.0997. The van der Waals surface area contributed by atoms with Gasteiger partial charge in [0.15, 0.2) is 11.5 Å². The molecule has 0 radical (unpaired) electrons. The summed E-state index contributed by atoms with van der Waals surface area (Å²) in [5.74, 6) is 1.50. The van der Waals surface area contributed by atoms with Gasteiger partial charge in [-0.1, -0.05) is 29.3 Å². The fourth-order valence-corrected chi connectivity index (χ4v) is 4.19. The molecule has 9 heteroatoms. The molecule has 6 nitrogen and oxygen atoms in total. The maximum Gasteiger partial charge on any atom is 0.242 e. The molecule has 0 fully saturated rings. The second-order valence-corrected chi connectivity index (χ2v) is 7.72. The van der Waals surface area contributed by atoms with Gasteiger partial charge in [0, 0.05) is 6.54 Å². The van der Waals surface area contributed by atoms with Crippen molar-refractivity contribution in [2.45, 2.75) is 11.3 Å². The second kappa shape index (κ2) is 8.81. The van der Waals surface area contributed by atoms with Gasteiger partial charge in [0.1, 0.15) is 15.7 Å². The third kappa shape index (κ3) is 4.54. The van der Waals surface area contributed by atoms with Crippen LogP contribution in [0.1, 0.15) is 5.56 Å². The molecule has 142 valence electrons. The number of rotatable bonds is 8. The van der Waals surface area contributed by atoms with Gasteiger partial charge in [0.05, 0.1) is 26.4 Å². The predicted octanol–water partition coefficient (Wildman–Crippen LogP) is 3.54. The molecule has 0 saturated carbocycles. The Morgan fingerprint density at radius 3 is 2.12 bits per heavy atom. The van der Waals surface area contributed by atoms with Crippen LogP contribution in [0.15, 0.2) is 35.2 Å². The van der Waals surface area contributed by atoms with Gasteiger partial charge in [-0.05, 0) is 36.2 Å². The number of hydrogen-bond acceptors (Lipinski definition) is 5. The highest BCUT2D eigenvalue weighted by Gasteiger charge is 2.21. The van der Waals surface area contributed by atoms with E-state index in [4.69, 9.17) is 37.4 Å². The van der Waals surface area contributed by atoms with Crippen LogP contribution in [-0.4, -0.2) is 36.3 Å². The van der Waals surface area contributed by atoms with Crippen molar-refractivity contribution in [1.82, 2.24) is 4.72 Å². The second-order valence-electron chi connectivity index (χ2n) is 5.23. The Morgan fingerprint density at radius 2 is 1.50 bits per heavy atom. The van der Waals surface area contributed by atoms with Crippen molar-refractivity contribution in [3.8, 4) is 17.2 Å². The van der Waals surface area contributed by atoms with Crippen LogP contribution in [0.5, 0.6) is 17.2 Å². The lowest BCUT2D eigenvalue weighted by molar-refractivity contribution is 0.354. The van der Waals surface area contributed by atoms with Crippen LogP contribution >= 0.6 is 23.2 Å². The van der Waals surface area contributed by atoms with E-state index in [0.29, 0.717) is 23.7 Å². The summed E-state index contributed by atoms with van der Waals surface area (Å²) in [7, 11) is 0.701. The van der Waals surface area contributed by atoms with Crippen molar-refractivity contribution in [2.24, 2.45) is 0 Å². The molecule has 0 aliphatic rings. The van der Waals surface area contributed by atoms with Crippen molar-refractivity contribution in [1.29, 1.82) is 0 Å². The summed E-state index contributed by atoms with van der Waals surface area (Å²) in [6, 6.07) is 8.21. The Balaban J connectivity index is 2.11. The molecule has 2 aromatic rings. The van der Waals surface area contributed by atoms with Crippen LogP contribution < -0.4 is 18.9 Å². The standard InChI is InChI=1S/C17H19Cl2NO5S/c1-23-12-5-4-11(10-14(12)25-3)8-9-20-26(21,22)15-7-6-13(24-2)16(18)17(15)19/h4-7,10,20H,8-9H2,1-3H3. The summed E-state index contributed by atoms with van der Waals surface area (Å²) in [5.41, 5.74) is 0.893. The fraction of sp³-hybridized carbons (Fsp3) is 0.294. The largest absolute Gasteiger partial charge is 0.495 e. The fourth-order valence-electron chi connectivity index (χ4n) is 2.32. The van der Waals surface area contributed by atoms with E-state index in [2.05, 4.69) is 4.72 Å². The molecule has 26 heavy (non-hydrogen) atoms. The number of sulfonamides is 1. The molecular weight excluding hydrogens is 401 g/mol. The molecule has 0 aliphatic carbocycles. The van der Waals surface area contributed by atoms with Gasteiger partial charge in [-0.15, -0.1) is 0 Å². The van der Waals surface area contributed by atoms with E-state index in [1.54, 1.807) is 26.4 Å². The summed E-state index contributed by atoms with van der Waals surface area (Å²) in [6.07, 6.45) is 0.459. The molecule has 0 bridgehead atoms. The lowest BCUT2D eigenvalue weighted by atomic mass is 10.1. The highest BCUT2D eigenvalue weighted by molar-refractivity contribution is 7.89. The topological polar surface area (TPSA) is 73.9 Å². The highest BCUT2D eigenvalue weighted by Crippen LogP contribution is 2.36. The number of halogens is 2. The lowest BCUT2D eigenvalue weighted by Gasteiger charge is -2.12. The van der Waals surface area contributed by atoms with Gasteiger partial charge in [-0.25, -0.2) is 13.1 Å². The smallest absolute Gasteiger partial charge is 0.242 e. The van der Waals surface area contributed by atoms with E-state index in [9.17, 15) is 8.42 Å². The number of nitrogens with one attached hydrogen (secondary N) is 1. The summed E-state index contributed by atoms with van der Waals surface area (Å²) in [5, 5.41) is -0.0263. The van der Waals surface area contributed by atoms with Crippen molar-refractivity contribution < 1.29 is 22.6 Å². The first-order chi connectivity index (χ1) is 12.3. The average Bonchev–Trinajstić information content (AvgIpc) is 2.63. The number of methoxy groups -OCH3 is 3. The Hall–Kier alpha value is -1.67. The molecule has 0 aromatic heterocycles. The molecule has 0 aliphatic heterocycles. The third-order valence-corrected chi connectivity index (χ3v) is 6.15. The maximum absolute atomic E-state index is 12.5. The van der Waals surface area contributed by atoms with Crippen molar-refractivity contribution in [3.05, 3.63) is 45.9 Å². The van der Waals surface area contributed by atoms with E-state index in [1.165, 1.54) is 19.2 Å². The lowest BCUT2D eigenvalue weighted by Crippen LogP contribution is -2.26. The first-order valence-corrected chi connectivity index (χ1v) is 9.80. The normalized spacial score (nSPS) is 11.3. The van der Waals surface area contributed by atoms with Crippen LogP contribution in [0.25, 0.3) is 0 Å². The van der Waals surface area contributed by atoms with E-state index in [0.717, 1.165) is 5.56 Å². The minimum Gasteiger partial charge on any atom is -0.495 e. The predicted molar refractivity (Wildman–Crippen MR) is 101 cm³/mol. The Labute approximate surface area is 163 Å². The van der Waals surface area contributed by atoms with Gasteiger partial charge >= 0.3 is 0 Å². The minimum atomic E-state index is -3.81. The molecule has 0 unspecified atom stereocenters. The molecule has 0 spiro atoms. The highest BCUT2D eigenvalue weighted by atomic mass is 35.5. The van der Waals surface area contributed by atoms with E-state index in [1.807, 2.05) is 6.07 Å². The number of ether oxygens (including phenoxy) is 3. The molecule has 1 N–H and O–H groups in total.